The zero-order valence-electron chi connectivity index (χ0n) is 13.9. The third-order valence-electron chi connectivity index (χ3n) is 3.91. The molecule has 0 aliphatic rings. The summed E-state index contributed by atoms with van der Waals surface area (Å²) in [6.45, 7) is 4.56. The highest BCUT2D eigenvalue weighted by Gasteiger charge is 2.09. The number of nitrogens with one attached hydrogen (secondary N) is 1. The molecule has 0 spiro atoms. The summed E-state index contributed by atoms with van der Waals surface area (Å²) in [7, 11) is 0. The van der Waals surface area contributed by atoms with Crippen LogP contribution in [0.1, 0.15) is 35.8 Å². The van der Waals surface area contributed by atoms with E-state index in [2.05, 4.69) is 34.7 Å². The predicted molar refractivity (Wildman–Crippen MR) is 95.7 cm³/mol. The van der Waals surface area contributed by atoms with E-state index in [-0.39, 0.29) is 11.9 Å². The first-order valence-electron chi connectivity index (χ1n) is 8.10. The highest BCUT2D eigenvalue weighted by atomic mass is 16.1. The van der Waals surface area contributed by atoms with Crippen LogP contribution < -0.4 is 5.32 Å². The minimum absolute atomic E-state index is 0.103. The summed E-state index contributed by atoms with van der Waals surface area (Å²) in [5.41, 5.74) is 4.02. The number of hydrogen-bond acceptors (Lipinski definition) is 2. The SMILES string of the molecule is CC(C)n1cc(C(=O)NCc2ccc(-c3ccccc3)cc2)cn1. The van der Waals surface area contributed by atoms with Crippen LogP contribution in [0.4, 0.5) is 0 Å². The van der Waals surface area contributed by atoms with Gasteiger partial charge < -0.3 is 5.32 Å². The minimum Gasteiger partial charge on any atom is -0.348 e. The second kappa shape index (κ2) is 7.13. The maximum Gasteiger partial charge on any atom is 0.254 e. The van der Waals surface area contributed by atoms with Gasteiger partial charge in [0.25, 0.3) is 5.91 Å². The van der Waals surface area contributed by atoms with Crippen LogP contribution >= 0.6 is 0 Å². The molecule has 0 atom stereocenters. The van der Waals surface area contributed by atoms with Gasteiger partial charge in [0.05, 0.1) is 11.8 Å². The van der Waals surface area contributed by atoms with E-state index in [0.717, 1.165) is 5.56 Å². The first-order chi connectivity index (χ1) is 11.6. The van der Waals surface area contributed by atoms with E-state index in [1.165, 1.54) is 11.1 Å². The standard InChI is InChI=1S/C20H21N3O/c1-15(2)23-14-19(13-22-23)20(24)21-12-16-8-10-18(11-9-16)17-6-4-3-5-7-17/h3-11,13-15H,12H2,1-2H3,(H,21,24). The van der Waals surface area contributed by atoms with Gasteiger partial charge in [-0.2, -0.15) is 5.10 Å². The number of benzene rings is 2. The Labute approximate surface area is 142 Å². The van der Waals surface area contributed by atoms with Crippen molar-refractivity contribution in [3.8, 4) is 11.1 Å². The molecule has 1 heterocycles. The van der Waals surface area contributed by atoms with Crippen LogP contribution in [0.5, 0.6) is 0 Å². The third kappa shape index (κ3) is 3.71. The summed E-state index contributed by atoms with van der Waals surface area (Å²) in [4.78, 5) is 12.2. The van der Waals surface area contributed by atoms with Crippen LogP contribution in [0.15, 0.2) is 67.0 Å². The van der Waals surface area contributed by atoms with Gasteiger partial charge >= 0.3 is 0 Å². The van der Waals surface area contributed by atoms with Crippen LogP contribution in [0, 0.1) is 0 Å². The van der Waals surface area contributed by atoms with E-state index >= 15 is 0 Å². The molecule has 1 amide bonds. The van der Waals surface area contributed by atoms with Crippen molar-refractivity contribution in [3.63, 3.8) is 0 Å². The molecule has 0 saturated carbocycles. The monoisotopic (exact) mass is 319 g/mol. The molecule has 3 rings (SSSR count). The Morgan fingerprint density at radius 2 is 1.71 bits per heavy atom. The zero-order chi connectivity index (χ0) is 16.9. The molecule has 122 valence electrons. The molecular formula is C20H21N3O. The normalized spacial score (nSPS) is 10.8. The Morgan fingerprint density at radius 1 is 1.04 bits per heavy atom. The summed E-state index contributed by atoms with van der Waals surface area (Å²) in [6, 6.07) is 18.7. The van der Waals surface area contributed by atoms with Gasteiger partial charge in [-0.3, -0.25) is 9.48 Å². The molecular weight excluding hydrogens is 298 g/mol. The van der Waals surface area contributed by atoms with Gasteiger partial charge in [0.15, 0.2) is 0 Å². The van der Waals surface area contributed by atoms with Crippen LogP contribution in [0.25, 0.3) is 11.1 Å². The van der Waals surface area contributed by atoms with Gasteiger partial charge in [0.2, 0.25) is 0 Å². The smallest absolute Gasteiger partial charge is 0.254 e. The first-order valence-corrected chi connectivity index (χ1v) is 8.10. The lowest BCUT2D eigenvalue weighted by Gasteiger charge is -2.06. The minimum atomic E-state index is -0.103. The number of carbonyl (C=O) groups is 1. The maximum absolute atomic E-state index is 12.2. The number of hydrogen-bond donors (Lipinski definition) is 1. The van der Waals surface area contributed by atoms with Crippen molar-refractivity contribution >= 4 is 5.91 Å². The molecule has 0 unspecified atom stereocenters. The Hall–Kier alpha value is -2.88. The van der Waals surface area contributed by atoms with Crippen molar-refractivity contribution in [3.05, 3.63) is 78.1 Å². The average molecular weight is 319 g/mol. The van der Waals surface area contributed by atoms with Crippen molar-refractivity contribution in [2.24, 2.45) is 0 Å². The highest BCUT2D eigenvalue weighted by Crippen LogP contribution is 2.19. The molecule has 2 aromatic carbocycles. The molecule has 0 bridgehead atoms. The largest absolute Gasteiger partial charge is 0.348 e. The Balaban J connectivity index is 1.61. The lowest BCUT2D eigenvalue weighted by atomic mass is 10.0. The van der Waals surface area contributed by atoms with Gasteiger partial charge in [0, 0.05) is 18.8 Å². The molecule has 0 aliphatic heterocycles. The average Bonchev–Trinajstić information content (AvgIpc) is 3.11. The Bertz CT molecular complexity index is 804. The van der Waals surface area contributed by atoms with Gasteiger partial charge in [-0.15, -0.1) is 0 Å². The third-order valence-corrected chi connectivity index (χ3v) is 3.91. The van der Waals surface area contributed by atoms with Crippen molar-refractivity contribution in [2.75, 3.05) is 0 Å². The summed E-state index contributed by atoms with van der Waals surface area (Å²) in [5.74, 6) is -0.103. The second-order valence-electron chi connectivity index (χ2n) is 6.05. The fraction of sp³-hybridized carbons (Fsp3) is 0.200. The number of amides is 1. The quantitative estimate of drug-likeness (QED) is 0.771. The fourth-order valence-electron chi connectivity index (χ4n) is 2.47. The predicted octanol–water partition coefficient (Wildman–Crippen LogP) is 4.06. The van der Waals surface area contributed by atoms with Crippen molar-refractivity contribution < 1.29 is 4.79 Å². The molecule has 4 nitrogen and oxygen atoms in total. The second-order valence-corrected chi connectivity index (χ2v) is 6.05. The Morgan fingerprint density at radius 3 is 2.33 bits per heavy atom. The maximum atomic E-state index is 12.2. The Kier molecular flexibility index (Phi) is 4.75. The van der Waals surface area contributed by atoms with E-state index in [1.807, 2.05) is 44.2 Å². The molecule has 3 aromatic rings. The summed E-state index contributed by atoms with van der Waals surface area (Å²) < 4.78 is 1.78. The van der Waals surface area contributed by atoms with Crippen LogP contribution in [0.3, 0.4) is 0 Å². The molecule has 24 heavy (non-hydrogen) atoms. The highest BCUT2D eigenvalue weighted by molar-refractivity contribution is 5.93. The number of carbonyl (C=O) groups excluding carboxylic acids is 1. The van der Waals surface area contributed by atoms with E-state index in [0.29, 0.717) is 12.1 Å². The van der Waals surface area contributed by atoms with Gasteiger partial charge in [-0.1, -0.05) is 54.6 Å². The van der Waals surface area contributed by atoms with E-state index in [4.69, 9.17) is 0 Å². The van der Waals surface area contributed by atoms with Crippen molar-refractivity contribution in [1.82, 2.24) is 15.1 Å². The van der Waals surface area contributed by atoms with Crippen LogP contribution in [0.2, 0.25) is 0 Å². The van der Waals surface area contributed by atoms with E-state index in [9.17, 15) is 4.79 Å². The van der Waals surface area contributed by atoms with E-state index in [1.54, 1.807) is 17.1 Å². The van der Waals surface area contributed by atoms with Crippen LogP contribution in [-0.2, 0) is 6.54 Å². The summed E-state index contributed by atoms with van der Waals surface area (Å²) >= 11 is 0. The molecule has 0 aliphatic carbocycles. The fourth-order valence-corrected chi connectivity index (χ4v) is 2.47. The molecule has 1 N–H and O–H groups in total. The summed E-state index contributed by atoms with van der Waals surface area (Å²) in [5, 5.41) is 7.13. The number of aromatic nitrogens is 2. The van der Waals surface area contributed by atoms with Gasteiger partial charge in [-0.05, 0) is 30.5 Å². The topological polar surface area (TPSA) is 46.9 Å². The zero-order valence-corrected chi connectivity index (χ0v) is 13.9. The molecule has 0 saturated heterocycles. The molecule has 1 aromatic heterocycles. The summed E-state index contributed by atoms with van der Waals surface area (Å²) in [6.07, 6.45) is 3.38. The first kappa shape index (κ1) is 16.0. The number of nitrogens with zero attached hydrogens (tertiary/aromatic N) is 2. The number of rotatable bonds is 5. The van der Waals surface area contributed by atoms with E-state index < -0.39 is 0 Å². The molecule has 0 fully saturated rings. The lowest BCUT2D eigenvalue weighted by molar-refractivity contribution is 0.0951. The van der Waals surface area contributed by atoms with Gasteiger partial charge in [0.1, 0.15) is 0 Å². The van der Waals surface area contributed by atoms with Crippen LogP contribution in [-0.4, -0.2) is 15.7 Å². The van der Waals surface area contributed by atoms with Crippen molar-refractivity contribution in [1.29, 1.82) is 0 Å². The lowest BCUT2D eigenvalue weighted by Crippen LogP contribution is -2.22. The van der Waals surface area contributed by atoms with Crippen molar-refractivity contribution in [2.45, 2.75) is 26.4 Å². The molecule has 4 heteroatoms. The van der Waals surface area contributed by atoms with Gasteiger partial charge in [-0.25, -0.2) is 0 Å². The molecule has 0 radical (unpaired) electrons.